The summed E-state index contributed by atoms with van der Waals surface area (Å²) in [5.74, 6) is 0.616. The third-order valence-corrected chi connectivity index (χ3v) is 5.69. The van der Waals surface area contributed by atoms with Gasteiger partial charge in [-0.1, -0.05) is 26.7 Å². The van der Waals surface area contributed by atoms with E-state index in [9.17, 15) is 4.79 Å². The van der Waals surface area contributed by atoms with Gasteiger partial charge in [-0.2, -0.15) is 0 Å². The zero-order chi connectivity index (χ0) is 18.8. The molecule has 2 aliphatic rings. The van der Waals surface area contributed by atoms with Crippen molar-refractivity contribution in [2.45, 2.75) is 58.6 Å². The highest BCUT2D eigenvalue weighted by molar-refractivity contribution is 5.82. The number of hydrogen-bond acceptors (Lipinski definition) is 5. The molecule has 1 amide bonds. The number of nitrogens with one attached hydrogen (secondary N) is 1. The van der Waals surface area contributed by atoms with Crippen LogP contribution < -0.4 is 5.32 Å². The maximum Gasteiger partial charge on any atom is 0.237 e. The van der Waals surface area contributed by atoms with Gasteiger partial charge in [0.05, 0.1) is 25.4 Å². The minimum Gasteiger partial charge on any atom is -0.379 e. The number of hydrogen-bond donors (Lipinski definition) is 1. The van der Waals surface area contributed by atoms with Gasteiger partial charge >= 0.3 is 0 Å². The molecule has 0 bridgehead atoms. The number of carbonyl (C=O) groups is 1. The van der Waals surface area contributed by atoms with Crippen molar-refractivity contribution in [3.63, 3.8) is 0 Å². The van der Waals surface area contributed by atoms with Crippen molar-refractivity contribution in [1.82, 2.24) is 15.1 Å². The van der Waals surface area contributed by atoms with Crippen LogP contribution in [0.5, 0.6) is 0 Å². The zero-order valence-electron chi connectivity index (χ0n) is 17.0. The van der Waals surface area contributed by atoms with E-state index in [0.717, 1.165) is 84.8 Å². The predicted molar refractivity (Wildman–Crippen MR) is 104 cm³/mol. The maximum atomic E-state index is 12.9. The molecule has 152 valence electrons. The average molecular weight is 370 g/mol. The Kier molecular flexibility index (Phi) is 9.89. The molecule has 2 unspecified atom stereocenters. The monoisotopic (exact) mass is 369 g/mol. The first-order valence-electron chi connectivity index (χ1n) is 10.6. The van der Waals surface area contributed by atoms with Crippen molar-refractivity contribution in [2.75, 3.05) is 59.1 Å². The van der Waals surface area contributed by atoms with Gasteiger partial charge in [0.15, 0.2) is 0 Å². The van der Waals surface area contributed by atoms with Crippen LogP contribution in [0.15, 0.2) is 0 Å². The number of nitrogens with zero attached hydrogens (tertiary/aromatic N) is 2. The molecule has 1 N–H and O–H groups in total. The quantitative estimate of drug-likeness (QED) is 0.628. The van der Waals surface area contributed by atoms with E-state index in [2.05, 4.69) is 35.9 Å². The van der Waals surface area contributed by atoms with E-state index in [1.54, 1.807) is 0 Å². The molecule has 2 rings (SSSR count). The summed E-state index contributed by atoms with van der Waals surface area (Å²) < 4.78 is 11.2. The Hall–Kier alpha value is -0.690. The molecule has 0 radical (unpaired) electrons. The second-order valence-corrected chi connectivity index (χ2v) is 7.65. The van der Waals surface area contributed by atoms with Crippen LogP contribution in [0, 0.1) is 5.92 Å². The third-order valence-electron chi connectivity index (χ3n) is 5.69. The molecule has 6 nitrogen and oxygen atoms in total. The molecule has 2 heterocycles. The number of amides is 1. The Morgan fingerprint density at radius 1 is 1.15 bits per heavy atom. The number of morpholine rings is 1. The second kappa shape index (κ2) is 11.9. The van der Waals surface area contributed by atoms with Gasteiger partial charge in [-0.15, -0.1) is 0 Å². The fraction of sp³-hybridized carbons (Fsp3) is 0.950. The van der Waals surface area contributed by atoms with Gasteiger partial charge in [0.25, 0.3) is 0 Å². The molecule has 0 aromatic heterocycles. The molecule has 0 spiro atoms. The van der Waals surface area contributed by atoms with E-state index in [1.165, 1.54) is 0 Å². The average Bonchev–Trinajstić information content (AvgIpc) is 2.87. The standard InChI is InChI=1S/C20H39N3O3/c1-4-18(5-2)19(23-11-14-25-15-12-23)20(24)21-8-6-9-22-10-7-13-26-17(3)16-22/h17-19H,4-16H2,1-3H3,(H,21,24). The number of ether oxygens (including phenoxy) is 2. The molecule has 2 saturated heterocycles. The van der Waals surface area contributed by atoms with Crippen molar-refractivity contribution in [3.05, 3.63) is 0 Å². The van der Waals surface area contributed by atoms with E-state index in [0.29, 0.717) is 12.0 Å². The lowest BCUT2D eigenvalue weighted by atomic mass is 9.91. The fourth-order valence-electron chi connectivity index (χ4n) is 4.17. The SMILES string of the molecule is CCC(CC)C(C(=O)NCCCN1CCCOC(C)C1)N1CCOCC1. The van der Waals surface area contributed by atoms with Gasteiger partial charge in [-0.25, -0.2) is 0 Å². The first kappa shape index (κ1) is 21.6. The Bertz CT molecular complexity index is 398. The smallest absolute Gasteiger partial charge is 0.237 e. The van der Waals surface area contributed by atoms with Crippen LogP contribution in [-0.2, 0) is 14.3 Å². The summed E-state index contributed by atoms with van der Waals surface area (Å²) in [4.78, 5) is 17.7. The lowest BCUT2D eigenvalue weighted by Crippen LogP contribution is -2.54. The molecule has 2 atom stereocenters. The Morgan fingerprint density at radius 2 is 1.88 bits per heavy atom. The first-order valence-corrected chi connectivity index (χ1v) is 10.6. The highest BCUT2D eigenvalue weighted by Gasteiger charge is 2.32. The number of rotatable bonds is 9. The Labute approximate surface area is 159 Å². The minimum absolute atomic E-state index is 0.0134. The van der Waals surface area contributed by atoms with Crippen LogP contribution in [-0.4, -0.2) is 86.9 Å². The van der Waals surface area contributed by atoms with Crippen LogP contribution >= 0.6 is 0 Å². The van der Waals surface area contributed by atoms with E-state index < -0.39 is 0 Å². The summed E-state index contributed by atoms with van der Waals surface area (Å²) in [6.07, 6.45) is 4.49. The first-order chi connectivity index (χ1) is 12.7. The maximum absolute atomic E-state index is 12.9. The lowest BCUT2D eigenvalue weighted by Gasteiger charge is -2.37. The van der Waals surface area contributed by atoms with E-state index in [4.69, 9.17) is 9.47 Å². The molecule has 26 heavy (non-hydrogen) atoms. The molecular weight excluding hydrogens is 330 g/mol. The van der Waals surface area contributed by atoms with Crippen molar-refractivity contribution in [2.24, 2.45) is 5.92 Å². The van der Waals surface area contributed by atoms with Crippen LogP contribution in [0.3, 0.4) is 0 Å². The lowest BCUT2D eigenvalue weighted by molar-refractivity contribution is -0.130. The van der Waals surface area contributed by atoms with Crippen molar-refractivity contribution in [1.29, 1.82) is 0 Å². The summed E-state index contributed by atoms with van der Waals surface area (Å²) in [6.45, 7) is 14.5. The predicted octanol–water partition coefficient (Wildman–Crippen LogP) is 1.74. The third kappa shape index (κ3) is 6.80. The van der Waals surface area contributed by atoms with E-state index >= 15 is 0 Å². The van der Waals surface area contributed by atoms with Crippen molar-refractivity contribution >= 4 is 5.91 Å². The second-order valence-electron chi connectivity index (χ2n) is 7.65. The fourth-order valence-corrected chi connectivity index (χ4v) is 4.17. The molecule has 0 aromatic carbocycles. The Balaban J connectivity index is 1.78. The molecule has 0 saturated carbocycles. The van der Waals surface area contributed by atoms with Crippen LogP contribution in [0.1, 0.15) is 46.5 Å². The number of carbonyl (C=O) groups excluding carboxylic acids is 1. The van der Waals surface area contributed by atoms with Crippen LogP contribution in [0.2, 0.25) is 0 Å². The Morgan fingerprint density at radius 3 is 2.58 bits per heavy atom. The van der Waals surface area contributed by atoms with Gasteiger partial charge in [-0.05, 0) is 32.2 Å². The van der Waals surface area contributed by atoms with Crippen molar-refractivity contribution < 1.29 is 14.3 Å². The van der Waals surface area contributed by atoms with Gasteiger partial charge in [0.1, 0.15) is 0 Å². The summed E-state index contributed by atoms with van der Waals surface area (Å²) in [5.41, 5.74) is 0. The summed E-state index contributed by atoms with van der Waals surface area (Å²) in [6, 6.07) is -0.0134. The van der Waals surface area contributed by atoms with Gasteiger partial charge in [0.2, 0.25) is 5.91 Å². The normalized spacial score (nSPS) is 24.4. The highest BCUT2D eigenvalue weighted by Crippen LogP contribution is 2.20. The molecular formula is C20H39N3O3. The van der Waals surface area contributed by atoms with Crippen molar-refractivity contribution in [3.8, 4) is 0 Å². The molecule has 0 aliphatic carbocycles. The summed E-state index contributed by atoms with van der Waals surface area (Å²) >= 11 is 0. The zero-order valence-corrected chi connectivity index (χ0v) is 17.0. The molecule has 0 aromatic rings. The van der Waals surface area contributed by atoms with Gasteiger partial charge in [0, 0.05) is 39.3 Å². The van der Waals surface area contributed by atoms with Crippen LogP contribution in [0.4, 0.5) is 0 Å². The molecule has 2 fully saturated rings. The molecule has 2 aliphatic heterocycles. The van der Waals surface area contributed by atoms with Gasteiger partial charge in [-0.3, -0.25) is 9.69 Å². The van der Waals surface area contributed by atoms with E-state index in [1.807, 2.05) is 0 Å². The summed E-state index contributed by atoms with van der Waals surface area (Å²) in [7, 11) is 0. The highest BCUT2D eigenvalue weighted by atomic mass is 16.5. The topological polar surface area (TPSA) is 54.0 Å². The summed E-state index contributed by atoms with van der Waals surface area (Å²) in [5, 5.41) is 3.22. The van der Waals surface area contributed by atoms with Crippen LogP contribution in [0.25, 0.3) is 0 Å². The van der Waals surface area contributed by atoms with Gasteiger partial charge < -0.3 is 19.7 Å². The minimum atomic E-state index is -0.0134. The van der Waals surface area contributed by atoms with E-state index in [-0.39, 0.29) is 11.9 Å². The largest absolute Gasteiger partial charge is 0.379 e. The molecule has 6 heteroatoms.